The van der Waals surface area contributed by atoms with E-state index in [2.05, 4.69) is 51.7 Å². The van der Waals surface area contributed by atoms with E-state index in [4.69, 9.17) is 16.6 Å². The summed E-state index contributed by atoms with van der Waals surface area (Å²) in [7, 11) is 0. The zero-order chi connectivity index (χ0) is 15.7. The zero-order valence-corrected chi connectivity index (χ0v) is 14.9. The Balaban J connectivity index is 2.32. The predicted molar refractivity (Wildman–Crippen MR) is 92.3 cm³/mol. The molecule has 0 radical (unpaired) electrons. The minimum atomic E-state index is 0.0587. The van der Waals surface area contributed by atoms with Crippen molar-refractivity contribution in [1.82, 2.24) is 4.98 Å². The monoisotopic (exact) mass is 308 g/mol. The van der Waals surface area contributed by atoms with Gasteiger partial charge in [0.25, 0.3) is 0 Å². The zero-order valence-electron chi connectivity index (χ0n) is 14.2. The highest BCUT2D eigenvalue weighted by atomic mass is 35.5. The highest BCUT2D eigenvalue weighted by molar-refractivity contribution is 6.17. The highest BCUT2D eigenvalue weighted by Gasteiger charge is 2.35. The van der Waals surface area contributed by atoms with Crippen LogP contribution < -0.4 is 4.90 Å². The molecule has 1 saturated heterocycles. The van der Waals surface area contributed by atoms with Gasteiger partial charge >= 0.3 is 0 Å². The second kappa shape index (κ2) is 6.16. The Morgan fingerprint density at radius 1 is 1.24 bits per heavy atom. The minimum absolute atomic E-state index is 0.0587. The SMILES string of the molecule is CCC1(CC)CCN(c2cc(CCl)cc(C(C)(C)C)n2)C1. The first-order chi connectivity index (χ1) is 9.83. The number of anilines is 1. The van der Waals surface area contributed by atoms with Crippen LogP contribution in [0.15, 0.2) is 12.1 Å². The molecule has 1 fully saturated rings. The van der Waals surface area contributed by atoms with E-state index in [0.717, 1.165) is 24.6 Å². The molecule has 2 nitrogen and oxygen atoms in total. The Morgan fingerprint density at radius 2 is 1.90 bits per heavy atom. The summed E-state index contributed by atoms with van der Waals surface area (Å²) >= 11 is 6.09. The first kappa shape index (κ1) is 16.6. The molecule has 3 heteroatoms. The molecule has 0 N–H and O–H groups in total. The molecule has 0 bridgehead atoms. The molecular formula is C18H29ClN2. The second-order valence-corrected chi connectivity index (χ2v) is 7.75. The van der Waals surface area contributed by atoms with Crippen molar-refractivity contribution < 1.29 is 0 Å². The summed E-state index contributed by atoms with van der Waals surface area (Å²) in [5.74, 6) is 1.67. The molecule has 0 spiro atoms. The normalized spacial score (nSPS) is 18.3. The average Bonchev–Trinajstić information content (AvgIpc) is 2.91. The van der Waals surface area contributed by atoms with Crippen molar-refractivity contribution in [3.8, 4) is 0 Å². The van der Waals surface area contributed by atoms with Gasteiger partial charge in [0, 0.05) is 30.1 Å². The van der Waals surface area contributed by atoms with E-state index < -0.39 is 0 Å². The van der Waals surface area contributed by atoms with Crippen molar-refractivity contribution in [1.29, 1.82) is 0 Å². The second-order valence-electron chi connectivity index (χ2n) is 7.48. The van der Waals surface area contributed by atoms with E-state index in [-0.39, 0.29) is 5.41 Å². The Labute approximate surface area is 134 Å². The lowest BCUT2D eigenvalue weighted by atomic mass is 9.82. The van der Waals surface area contributed by atoms with Crippen molar-refractivity contribution in [3.63, 3.8) is 0 Å². The van der Waals surface area contributed by atoms with Gasteiger partial charge in [-0.2, -0.15) is 0 Å². The van der Waals surface area contributed by atoms with Gasteiger partial charge in [-0.05, 0) is 42.4 Å². The van der Waals surface area contributed by atoms with Crippen LogP contribution in [0.3, 0.4) is 0 Å². The third-order valence-electron chi connectivity index (χ3n) is 5.06. The molecule has 1 aliphatic heterocycles. The molecule has 0 amide bonds. The van der Waals surface area contributed by atoms with Crippen molar-refractivity contribution in [2.75, 3.05) is 18.0 Å². The summed E-state index contributed by atoms with van der Waals surface area (Å²) in [5, 5.41) is 0. The van der Waals surface area contributed by atoms with Crippen LogP contribution >= 0.6 is 11.6 Å². The van der Waals surface area contributed by atoms with Gasteiger partial charge in [0.15, 0.2) is 0 Å². The fourth-order valence-corrected chi connectivity index (χ4v) is 3.31. The topological polar surface area (TPSA) is 16.1 Å². The smallest absolute Gasteiger partial charge is 0.129 e. The molecule has 2 heterocycles. The van der Waals surface area contributed by atoms with Crippen LogP contribution in [0.1, 0.15) is 65.1 Å². The van der Waals surface area contributed by atoms with Crippen LogP contribution in [0.4, 0.5) is 5.82 Å². The number of alkyl halides is 1. The van der Waals surface area contributed by atoms with Gasteiger partial charge in [0.2, 0.25) is 0 Å². The molecule has 0 aromatic carbocycles. The summed E-state index contributed by atoms with van der Waals surface area (Å²) in [4.78, 5) is 7.39. The first-order valence-corrected chi connectivity index (χ1v) is 8.69. The molecular weight excluding hydrogens is 280 g/mol. The standard InChI is InChI=1S/C18H29ClN2/c1-6-18(7-2)8-9-21(13-18)16-11-14(12-19)10-15(20-16)17(3,4)5/h10-11H,6-9,12-13H2,1-5H3. The largest absolute Gasteiger partial charge is 0.356 e. The molecule has 21 heavy (non-hydrogen) atoms. The summed E-state index contributed by atoms with van der Waals surface area (Å²) < 4.78 is 0. The Kier molecular flexibility index (Phi) is 4.87. The van der Waals surface area contributed by atoms with Gasteiger partial charge in [-0.3, -0.25) is 0 Å². The van der Waals surface area contributed by atoms with E-state index in [9.17, 15) is 0 Å². The Hall–Kier alpha value is -0.760. The number of rotatable bonds is 4. The molecule has 118 valence electrons. The van der Waals surface area contributed by atoms with Crippen molar-refractivity contribution in [2.45, 2.75) is 65.2 Å². The number of halogens is 1. The van der Waals surface area contributed by atoms with Gasteiger partial charge < -0.3 is 4.90 Å². The average molecular weight is 309 g/mol. The summed E-state index contributed by atoms with van der Waals surface area (Å²) in [6, 6.07) is 4.32. The van der Waals surface area contributed by atoms with E-state index in [0.29, 0.717) is 11.3 Å². The van der Waals surface area contributed by atoms with Gasteiger partial charge in [-0.15, -0.1) is 11.6 Å². The van der Waals surface area contributed by atoms with Crippen LogP contribution in [0.5, 0.6) is 0 Å². The fourth-order valence-electron chi connectivity index (χ4n) is 3.15. The first-order valence-electron chi connectivity index (χ1n) is 8.16. The Morgan fingerprint density at radius 3 is 2.38 bits per heavy atom. The van der Waals surface area contributed by atoms with Crippen molar-refractivity contribution in [2.24, 2.45) is 5.41 Å². The number of pyridine rings is 1. The number of nitrogens with zero attached hydrogens (tertiary/aromatic N) is 2. The molecule has 1 aromatic heterocycles. The number of hydrogen-bond acceptors (Lipinski definition) is 2. The lowest BCUT2D eigenvalue weighted by molar-refractivity contribution is 0.301. The maximum atomic E-state index is 6.09. The van der Waals surface area contributed by atoms with Crippen LogP contribution in [0.2, 0.25) is 0 Å². The third kappa shape index (κ3) is 3.53. The third-order valence-corrected chi connectivity index (χ3v) is 5.37. The highest BCUT2D eigenvalue weighted by Crippen LogP contribution is 2.39. The molecule has 0 unspecified atom stereocenters. The molecule has 0 atom stereocenters. The van der Waals surface area contributed by atoms with Gasteiger partial charge in [-0.1, -0.05) is 34.6 Å². The van der Waals surface area contributed by atoms with Crippen LogP contribution in [0.25, 0.3) is 0 Å². The summed E-state index contributed by atoms with van der Waals surface area (Å²) in [6.45, 7) is 13.5. The number of aromatic nitrogens is 1. The van der Waals surface area contributed by atoms with Crippen LogP contribution in [-0.2, 0) is 11.3 Å². The Bertz CT molecular complexity index is 486. The lowest BCUT2D eigenvalue weighted by Crippen LogP contribution is -2.27. The van der Waals surface area contributed by atoms with E-state index in [1.807, 2.05) is 0 Å². The molecule has 1 aliphatic rings. The van der Waals surface area contributed by atoms with E-state index in [1.54, 1.807) is 0 Å². The van der Waals surface area contributed by atoms with Crippen LogP contribution in [-0.4, -0.2) is 18.1 Å². The molecule has 1 aromatic rings. The maximum Gasteiger partial charge on any atom is 0.129 e. The number of hydrogen-bond donors (Lipinski definition) is 0. The molecule has 0 aliphatic carbocycles. The van der Waals surface area contributed by atoms with Crippen molar-refractivity contribution >= 4 is 17.4 Å². The summed E-state index contributed by atoms with van der Waals surface area (Å²) in [6.07, 6.45) is 3.78. The fraction of sp³-hybridized carbons (Fsp3) is 0.722. The maximum absolute atomic E-state index is 6.09. The quantitative estimate of drug-likeness (QED) is 0.716. The minimum Gasteiger partial charge on any atom is -0.356 e. The van der Waals surface area contributed by atoms with Crippen molar-refractivity contribution in [3.05, 3.63) is 23.4 Å². The molecule has 2 rings (SSSR count). The van der Waals surface area contributed by atoms with Crippen LogP contribution in [0, 0.1) is 5.41 Å². The summed E-state index contributed by atoms with van der Waals surface area (Å²) in [5.41, 5.74) is 2.85. The van der Waals surface area contributed by atoms with Gasteiger partial charge in [-0.25, -0.2) is 4.98 Å². The predicted octanol–water partition coefficient (Wildman–Crippen LogP) is 5.13. The lowest BCUT2D eigenvalue weighted by Gasteiger charge is -2.28. The van der Waals surface area contributed by atoms with E-state index >= 15 is 0 Å². The van der Waals surface area contributed by atoms with Gasteiger partial charge in [0.1, 0.15) is 5.82 Å². The van der Waals surface area contributed by atoms with E-state index in [1.165, 1.54) is 24.8 Å². The molecule has 0 saturated carbocycles. The van der Waals surface area contributed by atoms with Gasteiger partial charge in [0.05, 0.1) is 0 Å².